The van der Waals surface area contributed by atoms with Gasteiger partial charge in [-0.15, -0.1) is 0 Å². The molecule has 0 aliphatic heterocycles. The van der Waals surface area contributed by atoms with Crippen LogP contribution in [0, 0.1) is 20.8 Å². The number of benzene rings is 2. The average molecular weight is 282 g/mol. The van der Waals surface area contributed by atoms with Gasteiger partial charge in [0.15, 0.2) is 0 Å². The Hall–Kier alpha value is -1.64. The van der Waals surface area contributed by atoms with E-state index in [0.29, 0.717) is 6.04 Å². The summed E-state index contributed by atoms with van der Waals surface area (Å²) < 4.78 is 0. The third-order valence-electron chi connectivity index (χ3n) is 4.31. The smallest absolute Gasteiger partial charge is 0.0254 e. The normalized spacial score (nSPS) is 12.4. The summed E-state index contributed by atoms with van der Waals surface area (Å²) in [5, 5.41) is 0. The first-order valence-corrected chi connectivity index (χ1v) is 7.67. The van der Waals surface area contributed by atoms with Crippen LogP contribution >= 0.6 is 0 Å². The molecule has 0 aliphatic rings. The number of rotatable bonds is 6. The van der Waals surface area contributed by atoms with Gasteiger partial charge in [0.1, 0.15) is 0 Å². The van der Waals surface area contributed by atoms with Crippen molar-refractivity contribution in [2.24, 2.45) is 5.84 Å². The van der Waals surface area contributed by atoms with Gasteiger partial charge in [-0.2, -0.15) is 0 Å². The van der Waals surface area contributed by atoms with Crippen molar-refractivity contribution in [2.45, 2.75) is 46.1 Å². The van der Waals surface area contributed by atoms with E-state index in [4.69, 9.17) is 5.84 Å². The zero-order chi connectivity index (χ0) is 15.2. The van der Waals surface area contributed by atoms with Crippen molar-refractivity contribution in [3.8, 4) is 0 Å². The van der Waals surface area contributed by atoms with Gasteiger partial charge in [0.05, 0.1) is 0 Å². The third kappa shape index (κ3) is 4.42. The van der Waals surface area contributed by atoms with E-state index in [1.54, 1.807) is 0 Å². The molecule has 2 aromatic rings. The van der Waals surface area contributed by atoms with Gasteiger partial charge < -0.3 is 0 Å². The van der Waals surface area contributed by atoms with E-state index in [1.165, 1.54) is 27.8 Å². The predicted molar refractivity (Wildman–Crippen MR) is 90.2 cm³/mol. The van der Waals surface area contributed by atoms with E-state index in [9.17, 15) is 0 Å². The lowest BCUT2D eigenvalue weighted by Gasteiger charge is -2.17. The highest BCUT2D eigenvalue weighted by Crippen LogP contribution is 2.15. The molecule has 0 bridgehead atoms. The van der Waals surface area contributed by atoms with Gasteiger partial charge in [0.2, 0.25) is 0 Å². The van der Waals surface area contributed by atoms with Crippen LogP contribution in [0.3, 0.4) is 0 Å². The maximum atomic E-state index is 5.74. The quantitative estimate of drug-likeness (QED) is 0.627. The lowest BCUT2D eigenvalue weighted by Crippen LogP contribution is -2.37. The average Bonchev–Trinajstić information content (AvgIpc) is 2.48. The molecule has 2 rings (SSSR count). The van der Waals surface area contributed by atoms with Crippen molar-refractivity contribution in [1.82, 2.24) is 5.43 Å². The molecule has 0 aliphatic carbocycles. The van der Waals surface area contributed by atoms with Crippen LogP contribution in [-0.2, 0) is 12.8 Å². The Bertz CT molecular complexity index is 590. The van der Waals surface area contributed by atoms with Gasteiger partial charge >= 0.3 is 0 Å². The molecule has 1 atom stereocenters. The standard InChI is InChI=1S/C19H26N2/c1-14-8-9-17(12-16(14)3)13-19(21-20)11-10-18-7-5-4-6-15(18)2/h4-9,12,19,21H,10-11,13,20H2,1-3H3. The van der Waals surface area contributed by atoms with Crippen LogP contribution in [0.4, 0.5) is 0 Å². The summed E-state index contributed by atoms with van der Waals surface area (Å²) in [5.74, 6) is 5.74. The lowest BCUT2D eigenvalue weighted by atomic mass is 9.96. The molecule has 0 heterocycles. The molecule has 2 aromatic carbocycles. The number of nitrogens with two attached hydrogens (primary N) is 1. The predicted octanol–water partition coefficient (Wildman–Crippen LogP) is 3.62. The van der Waals surface area contributed by atoms with Crippen LogP contribution in [0.25, 0.3) is 0 Å². The van der Waals surface area contributed by atoms with Crippen LogP contribution in [0.2, 0.25) is 0 Å². The maximum Gasteiger partial charge on any atom is 0.0254 e. The van der Waals surface area contributed by atoms with Crippen molar-refractivity contribution in [3.63, 3.8) is 0 Å². The van der Waals surface area contributed by atoms with Crippen LogP contribution in [0.5, 0.6) is 0 Å². The minimum atomic E-state index is 0.312. The fraction of sp³-hybridized carbons (Fsp3) is 0.368. The van der Waals surface area contributed by atoms with Gasteiger partial charge in [0, 0.05) is 6.04 Å². The largest absolute Gasteiger partial charge is 0.271 e. The number of nitrogens with one attached hydrogen (secondary N) is 1. The summed E-state index contributed by atoms with van der Waals surface area (Å²) in [7, 11) is 0. The summed E-state index contributed by atoms with van der Waals surface area (Å²) in [6.45, 7) is 6.48. The summed E-state index contributed by atoms with van der Waals surface area (Å²) in [4.78, 5) is 0. The second kappa shape index (κ2) is 7.39. The Kier molecular flexibility index (Phi) is 5.54. The van der Waals surface area contributed by atoms with E-state index in [2.05, 4.69) is 68.7 Å². The molecular formula is C19H26N2. The van der Waals surface area contributed by atoms with Gasteiger partial charge in [-0.3, -0.25) is 11.3 Å². The molecule has 0 spiro atoms. The molecule has 112 valence electrons. The topological polar surface area (TPSA) is 38.0 Å². The maximum absolute atomic E-state index is 5.74. The molecule has 0 radical (unpaired) electrons. The van der Waals surface area contributed by atoms with Crippen LogP contribution in [-0.4, -0.2) is 6.04 Å². The first-order chi connectivity index (χ1) is 10.1. The van der Waals surface area contributed by atoms with Crippen LogP contribution < -0.4 is 11.3 Å². The number of hydrogen-bond donors (Lipinski definition) is 2. The molecule has 0 saturated heterocycles. The SMILES string of the molecule is Cc1ccc(CC(CCc2ccccc2C)NN)cc1C. The highest BCUT2D eigenvalue weighted by molar-refractivity contribution is 5.30. The summed E-state index contributed by atoms with van der Waals surface area (Å²) >= 11 is 0. The fourth-order valence-corrected chi connectivity index (χ4v) is 2.68. The van der Waals surface area contributed by atoms with Gasteiger partial charge in [0.25, 0.3) is 0 Å². The zero-order valence-corrected chi connectivity index (χ0v) is 13.3. The van der Waals surface area contributed by atoms with E-state index in [-0.39, 0.29) is 0 Å². The van der Waals surface area contributed by atoms with E-state index in [0.717, 1.165) is 19.3 Å². The van der Waals surface area contributed by atoms with Gasteiger partial charge in [-0.05, 0) is 67.9 Å². The second-order valence-corrected chi connectivity index (χ2v) is 5.95. The van der Waals surface area contributed by atoms with Gasteiger partial charge in [-0.1, -0.05) is 42.5 Å². The Labute approximate surface area is 128 Å². The summed E-state index contributed by atoms with van der Waals surface area (Å²) in [6, 6.07) is 15.6. The minimum Gasteiger partial charge on any atom is -0.271 e. The minimum absolute atomic E-state index is 0.312. The first-order valence-electron chi connectivity index (χ1n) is 7.67. The van der Waals surface area contributed by atoms with Crippen molar-refractivity contribution in [2.75, 3.05) is 0 Å². The van der Waals surface area contributed by atoms with Crippen molar-refractivity contribution < 1.29 is 0 Å². The van der Waals surface area contributed by atoms with Crippen LogP contribution in [0.1, 0.15) is 34.2 Å². The number of hydrogen-bond acceptors (Lipinski definition) is 2. The Morgan fingerprint density at radius 3 is 2.38 bits per heavy atom. The molecule has 0 amide bonds. The van der Waals surface area contributed by atoms with E-state index < -0.39 is 0 Å². The monoisotopic (exact) mass is 282 g/mol. The highest BCUT2D eigenvalue weighted by atomic mass is 15.2. The summed E-state index contributed by atoms with van der Waals surface area (Å²) in [6.07, 6.45) is 3.09. The molecule has 2 heteroatoms. The lowest BCUT2D eigenvalue weighted by molar-refractivity contribution is 0.491. The molecule has 0 saturated carbocycles. The van der Waals surface area contributed by atoms with Crippen molar-refractivity contribution in [3.05, 3.63) is 70.3 Å². The number of aryl methyl sites for hydroxylation is 4. The molecule has 1 unspecified atom stereocenters. The molecule has 0 fully saturated rings. The Balaban J connectivity index is 1.97. The van der Waals surface area contributed by atoms with Crippen molar-refractivity contribution in [1.29, 1.82) is 0 Å². The van der Waals surface area contributed by atoms with Crippen molar-refractivity contribution >= 4 is 0 Å². The third-order valence-corrected chi connectivity index (χ3v) is 4.31. The molecule has 3 N–H and O–H groups in total. The Morgan fingerprint density at radius 2 is 1.71 bits per heavy atom. The van der Waals surface area contributed by atoms with Gasteiger partial charge in [-0.25, -0.2) is 0 Å². The zero-order valence-electron chi connectivity index (χ0n) is 13.3. The summed E-state index contributed by atoms with van der Waals surface area (Å²) in [5.41, 5.74) is 9.79. The van der Waals surface area contributed by atoms with Crippen LogP contribution in [0.15, 0.2) is 42.5 Å². The fourth-order valence-electron chi connectivity index (χ4n) is 2.68. The first kappa shape index (κ1) is 15.7. The van der Waals surface area contributed by atoms with E-state index in [1.807, 2.05) is 0 Å². The number of hydrazine groups is 1. The second-order valence-electron chi connectivity index (χ2n) is 5.95. The molecule has 21 heavy (non-hydrogen) atoms. The van der Waals surface area contributed by atoms with E-state index >= 15 is 0 Å². The molecular weight excluding hydrogens is 256 g/mol. The highest BCUT2D eigenvalue weighted by Gasteiger charge is 2.09. The Morgan fingerprint density at radius 1 is 0.952 bits per heavy atom. The molecule has 0 aromatic heterocycles. The molecule has 2 nitrogen and oxygen atoms in total.